The van der Waals surface area contributed by atoms with Gasteiger partial charge in [0.15, 0.2) is 0 Å². The van der Waals surface area contributed by atoms with Crippen LogP contribution in [-0.4, -0.2) is 21.5 Å². The van der Waals surface area contributed by atoms with Crippen LogP contribution in [0.1, 0.15) is 54.9 Å². The number of hydrogen-bond acceptors (Lipinski definition) is 2. The first-order valence-electron chi connectivity index (χ1n) is 7.77. The number of carbonyl (C=O) groups is 1. The summed E-state index contributed by atoms with van der Waals surface area (Å²) in [7, 11) is 0. The van der Waals surface area contributed by atoms with E-state index >= 15 is 0 Å². The summed E-state index contributed by atoms with van der Waals surface area (Å²) in [6.07, 6.45) is 6.65. The van der Waals surface area contributed by atoms with Gasteiger partial charge >= 0.3 is 5.69 Å². The number of imidazole rings is 1. The molecule has 0 unspecified atom stereocenters. The van der Waals surface area contributed by atoms with Gasteiger partial charge in [-0.15, -0.1) is 0 Å². The average Bonchev–Trinajstić information content (AvgIpc) is 3.00. The predicted octanol–water partition coefficient (Wildman–Crippen LogP) is 2.34. The minimum atomic E-state index is -0.0587. The van der Waals surface area contributed by atoms with Gasteiger partial charge in [-0.1, -0.05) is 12.8 Å². The number of amides is 1. The van der Waals surface area contributed by atoms with Crippen molar-refractivity contribution in [1.82, 2.24) is 14.9 Å². The summed E-state index contributed by atoms with van der Waals surface area (Å²) in [5.74, 6) is -0.0473. The second-order valence-electron chi connectivity index (χ2n) is 6.22. The van der Waals surface area contributed by atoms with Crippen LogP contribution in [-0.2, 0) is 0 Å². The van der Waals surface area contributed by atoms with E-state index in [0.717, 1.165) is 36.7 Å². The first kappa shape index (κ1) is 12.7. The molecule has 1 amide bonds. The molecule has 2 saturated carbocycles. The molecule has 0 spiro atoms. The molecule has 2 aliphatic carbocycles. The van der Waals surface area contributed by atoms with Crippen molar-refractivity contribution in [2.45, 2.75) is 50.6 Å². The lowest BCUT2D eigenvalue weighted by molar-refractivity contribution is 0.0951. The van der Waals surface area contributed by atoms with Gasteiger partial charge in [0.25, 0.3) is 5.91 Å². The first-order chi connectivity index (χ1) is 10.2. The third kappa shape index (κ3) is 2.26. The molecule has 2 N–H and O–H groups in total. The van der Waals surface area contributed by atoms with Crippen molar-refractivity contribution in [3.8, 4) is 0 Å². The highest BCUT2D eigenvalue weighted by Crippen LogP contribution is 2.30. The number of benzene rings is 1. The molecule has 2 aliphatic rings. The number of nitrogens with one attached hydrogen (secondary N) is 2. The first-order valence-corrected chi connectivity index (χ1v) is 7.77. The highest BCUT2D eigenvalue weighted by atomic mass is 16.2. The van der Waals surface area contributed by atoms with Crippen molar-refractivity contribution in [2.75, 3.05) is 0 Å². The SMILES string of the molecule is O=C(NC1CC1)c1ccc2c(c1)[nH]c(=O)n2C1CCCC1. The van der Waals surface area contributed by atoms with Crippen LogP contribution in [0.4, 0.5) is 0 Å². The number of hydrogen-bond donors (Lipinski definition) is 2. The van der Waals surface area contributed by atoms with Gasteiger partial charge in [-0.2, -0.15) is 0 Å². The quantitative estimate of drug-likeness (QED) is 0.909. The Morgan fingerprint density at radius 2 is 1.95 bits per heavy atom. The maximum Gasteiger partial charge on any atom is 0.326 e. The summed E-state index contributed by atoms with van der Waals surface area (Å²) in [6.45, 7) is 0. The number of fused-ring (bicyclic) bond motifs is 1. The van der Waals surface area contributed by atoms with Crippen molar-refractivity contribution < 1.29 is 4.79 Å². The van der Waals surface area contributed by atoms with E-state index in [0.29, 0.717) is 17.6 Å². The fraction of sp³-hybridized carbons (Fsp3) is 0.500. The van der Waals surface area contributed by atoms with Crippen LogP contribution < -0.4 is 11.0 Å². The minimum Gasteiger partial charge on any atom is -0.349 e. The third-order valence-electron chi connectivity index (χ3n) is 4.58. The number of aromatic nitrogens is 2. The standard InChI is InChI=1S/C16H19N3O2/c20-15(17-11-6-7-11)10-5-8-14-13(9-10)18-16(21)19(14)12-3-1-2-4-12/h5,8-9,11-12H,1-4,6-7H2,(H,17,20)(H,18,21). The molecule has 2 aromatic rings. The van der Waals surface area contributed by atoms with Gasteiger partial charge < -0.3 is 10.3 Å². The van der Waals surface area contributed by atoms with Gasteiger partial charge in [0.2, 0.25) is 0 Å². The largest absolute Gasteiger partial charge is 0.349 e. The van der Waals surface area contributed by atoms with E-state index in [1.807, 2.05) is 16.7 Å². The fourth-order valence-electron chi connectivity index (χ4n) is 3.29. The summed E-state index contributed by atoms with van der Waals surface area (Å²) < 4.78 is 1.87. The molecule has 1 aromatic heterocycles. The molecular weight excluding hydrogens is 266 g/mol. The van der Waals surface area contributed by atoms with Crippen molar-refractivity contribution in [3.05, 3.63) is 34.2 Å². The summed E-state index contributed by atoms with van der Waals surface area (Å²) in [5, 5.41) is 2.97. The van der Waals surface area contributed by atoms with E-state index in [1.165, 1.54) is 12.8 Å². The van der Waals surface area contributed by atoms with E-state index in [-0.39, 0.29) is 11.6 Å². The van der Waals surface area contributed by atoms with Crippen LogP contribution >= 0.6 is 0 Å². The highest BCUT2D eigenvalue weighted by Gasteiger charge is 2.25. The summed E-state index contributed by atoms with van der Waals surface area (Å²) in [5.41, 5.74) is 2.23. The molecule has 0 bridgehead atoms. The van der Waals surface area contributed by atoms with Crippen LogP contribution in [0.25, 0.3) is 11.0 Å². The zero-order chi connectivity index (χ0) is 14.4. The molecule has 0 radical (unpaired) electrons. The van der Waals surface area contributed by atoms with E-state index in [1.54, 1.807) is 6.07 Å². The molecule has 1 heterocycles. The minimum absolute atomic E-state index is 0.0473. The molecule has 2 fully saturated rings. The number of aromatic amines is 1. The predicted molar refractivity (Wildman–Crippen MR) is 80.6 cm³/mol. The van der Waals surface area contributed by atoms with Gasteiger partial charge in [-0.25, -0.2) is 4.79 Å². The Labute approximate surface area is 122 Å². The lowest BCUT2D eigenvalue weighted by Crippen LogP contribution is -2.25. The number of carbonyl (C=O) groups excluding carboxylic acids is 1. The van der Waals surface area contributed by atoms with E-state index in [9.17, 15) is 9.59 Å². The van der Waals surface area contributed by atoms with Crippen molar-refractivity contribution in [1.29, 1.82) is 0 Å². The van der Waals surface area contributed by atoms with E-state index < -0.39 is 0 Å². The van der Waals surface area contributed by atoms with Crippen LogP contribution in [0.5, 0.6) is 0 Å². The van der Waals surface area contributed by atoms with Crippen molar-refractivity contribution >= 4 is 16.9 Å². The van der Waals surface area contributed by atoms with Crippen LogP contribution in [0.2, 0.25) is 0 Å². The second-order valence-corrected chi connectivity index (χ2v) is 6.22. The molecule has 0 aliphatic heterocycles. The smallest absolute Gasteiger partial charge is 0.326 e. The van der Waals surface area contributed by atoms with Crippen LogP contribution in [0.3, 0.4) is 0 Å². The number of rotatable bonds is 3. The Bertz CT molecular complexity index is 748. The Morgan fingerprint density at radius 3 is 2.67 bits per heavy atom. The van der Waals surface area contributed by atoms with Gasteiger partial charge in [0.05, 0.1) is 11.0 Å². The third-order valence-corrected chi connectivity index (χ3v) is 4.58. The van der Waals surface area contributed by atoms with Crippen LogP contribution in [0.15, 0.2) is 23.0 Å². The Hall–Kier alpha value is -2.04. The number of nitrogens with zero attached hydrogens (tertiary/aromatic N) is 1. The normalized spacial score (nSPS) is 19.2. The monoisotopic (exact) mass is 285 g/mol. The molecule has 21 heavy (non-hydrogen) atoms. The van der Waals surface area contributed by atoms with Crippen LogP contribution in [0, 0.1) is 0 Å². The fourth-order valence-corrected chi connectivity index (χ4v) is 3.29. The Balaban J connectivity index is 1.71. The maximum atomic E-state index is 12.2. The lowest BCUT2D eigenvalue weighted by Gasteiger charge is -2.11. The van der Waals surface area contributed by atoms with Gasteiger partial charge in [0.1, 0.15) is 0 Å². The van der Waals surface area contributed by atoms with Crippen molar-refractivity contribution in [3.63, 3.8) is 0 Å². The van der Waals surface area contributed by atoms with E-state index in [4.69, 9.17) is 0 Å². The van der Waals surface area contributed by atoms with E-state index in [2.05, 4.69) is 10.3 Å². The molecule has 110 valence electrons. The maximum absolute atomic E-state index is 12.2. The molecule has 4 rings (SSSR count). The topological polar surface area (TPSA) is 66.9 Å². The molecule has 1 aromatic carbocycles. The van der Waals surface area contributed by atoms with Gasteiger partial charge in [0, 0.05) is 17.6 Å². The zero-order valence-electron chi connectivity index (χ0n) is 11.9. The zero-order valence-corrected chi connectivity index (χ0v) is 11.9. The Kier molecular flexibility index (Phi) is 2.87. The van der Waals surface area contributed by atoms with Gasteiger partial charge in [-0.3, -0.25) is 9.36 Å². The Morgan fingerprint density at radius 1 is 1.19 bits per heavy atom. The summed E-state index contributed by atoms with van der Waals surface area (Å²) in [6, 6.07) is 6.15. The number of H-pyrrole nitrogens is 1. The molecule has 0 saturated heterocycles. The molecular formula is C16H19N3O2. The summed E-state index contributed by atoms with van der Waals surface area (Å²) >= 11 is 0. The van der Waals surface area contributed by atoms with Gasteiger partial charge in [-0.05, 0) is 43.9 Å². The van der Waals surface area contributed by atoms with Crippen molar-refractivity contribution in [2.24, 2.45) is 0 Å². The summed E-state index contributed by atoms with van der Waals surface area (Å²) in [4.78, 5) is 27.2. The second kappa shape index (κ2) is 4.76. The molecule has 0 atom stereocenters. The lowest BCUT2D eigenvalue weighted by atomic mass is 10.1. The average molecular weight is 285 g/mol. The molecule has 5 nitrogen and oxygen atoms in total. The highest BCUT2D eigenvalue weighted by molar-refractivity contribution is 5.97. The molecule has 5 heteroatoms.